The van der Waals surface area contributed by atoms with Crippen molar-refractivity contribution in [2.75, 3.05) is 39.1 Å². The minimum atomic E-state index is 0.742. The fourth-order valence-corrected chi connectivity index (χ4v) is 4.23. The summed E-state index contributed by atoms with van der Waals surface area (Å²) in [6.07, 6.45) is 5.19. The van der Waals surface area contributed by atoms with Crippen molar-refractivity contribution in [2.45, 2.75) is 44.2 Å². The third-order valence-corrected chi connectivity index (χ3v) is 5.61. The molecule has 0 atom stereocenters. The first-order valence-electron chi connectivity index (χ1n) is 7.74. The van der Waals surface area contributed by atoms with Gasteiger partial charge in [0.05, 0.1) is 5.69 Å². The highest BCUT2D eigenvalue weighted by molar-refractivity contribution is 7.15. The van der Waals surface area contributed by atoms with Crippen molar-refractivity contribution in [3.8, 4) is 0 Å². The lowest BCUT2D eigenvalue weighted by Crippen LogP contribution is -2.41. The molecule has 1 aromatic heterocycles. The molecule has 1 saturated carbocycles. The Balaban J connectivity index is 1.69. The van der Waals surface area contributed by atoms with Crippen molar-refractivity contribution < 1.29 is 0 Å². The van der Waals surface area contributed by atoms with Gasteiger partial charge in [-0.3, -0.25) is 0 Å². The van der Waals surface area contributed by atoms with E-state index in [9.17, 15) is 0 Å². The molecule has 0 radical (unpaired) electrons. The van der Waals surface area contributed by atoms with Crippen LogP contribution in [0, 0.1) is 0 Å². The molecule has 0 aromatic carbocycles. The average molecular weight is 294 g/mol. The van der Waals surface area contributed by atoms with Crippen LogP contribution in [0.5, 0.6) is 0 Å². The molecule has 5 heteroatoms. The molecule has 1 aromatic rings. The first-order valence-corrected chi connectivity index (χ1v) is 8.56. The Bertz CT molecular complexity index is 445. The minimum absolute atomic E-state index is 0.742. The van der Waals surface area contributed by atoms with Crippen LogP contribution in [0.1, 0.15) is 42.2 Å². The molecule has 4 nitrogen and oxygen atoms in total. The summed E-state index contributed by atoms with van der Waals surface area (Å²) in [6.45, 7) is 3.27. The van der Waals surface area contributed by atoms with Gasteiger partial charge < -0.3 is 15.1 Å². The molecule has 0 unspecified atom stereocenters. The van der Waals surface area contributed by atoms with Crippen molar-refractivity contribution in [2.24, 2.45) is 0 Å². The first kappa shape index (κ1) is 14.3. The van der Waals surface area contributed by atoms with E-state index in [4.69, 9.17) is 4.98 Å². The van der Waals surface area contributed by atoms with E-state index in [0.717, 1.165) is 31.6 Å². The van der Waals surface area contributed by atoms with Crippen molar-refractivity contribution in [1.82, 2.24) is 15.2 Å². The van der Waals surface area contributed by atoms with Crippen LogP contribution in [0.2, 0.25) is 0 Å². The third-order valence-electron chi connectivity index (χ3n) is 4.48. The second-order valence-electron chi connectivity index (χ2n) is 6.29. The van der Waals surface area contributed by atoms with Crippen LogP contribution in [-0.4, -0.2) is 50.2 Å². The van der Waals surface area contributed by atoms with Gasteiger partial charge in [-0.1, -0.05) is 0 Å². The van der Waals surface area contributed by atoms with Gasteiger partial charge in [0.1, 0.15) is 0 Å². The Hall–Kier alpha value is -0.650. The Morgan fingerprint density at radius 3 is 2.50 bits per heavy atom. The summed E-state index contributed by atoms with van der Waals surface area (Å²) >= 11 is 1.91. The number of nitrogens with one attached hydrogen (secondary N) is 1. The van der Waals surface area contributed by atoms with E-state index in [1.807, 2.05) is 18.4 Å². The lowest BCUT2D eigenvalue weighted by molar-refractivity contribution is 0.249. The van der Waals surface area contributed by atoms with Gasteiger partial charge in [-0.15, -0.1) is 11.3 Å². The normalized spacial score (nSPS) is 20.9. The lowest BCUT2D eigenvalue weighted by atomic mass is 10.0. The Morgan fingerprint density at radius 1 is 1.25 bits per heavy atom. The van der Waals surface area contributed by atoms with E-state index in [1.165, 1.54) is 41.4 Å². The molecule has 1 N–H and O–H groups in total. The molecule has 0 bridgehead atoms. The zero-order chi connectivity index (χ0) is 14.1. The van der Waals surface area contributed by atoms with Gasteiger partial charge in [-0.25, -0.2) is 4.98 Å². The Kier molecular flexibility index (Phi) is 4.29. The number of rotatable bonds is 5. The van der Waals surface area contributed by atoms with E-state index in [1.54, 1.807) is 0 Å². The molecule has 1 saturated heterocycles. The van der Waals surface area contributed by atoms with Gasteiger partial charge in [0, 0.05) is 36.5 Å². The van der Waals surface area contributed by atoms with Gasteiger partial charge in [-0.05, 0) is 46.8 Å². The molecule has 20 heavy (non-hydrogen) atoms. The zero-order valence-corrected chi connectivity index (χ0v) is 13.7. The molecule has 2 aliphatic rings. The van der Waals surface area contributed by atoms with Crippen LogP contribution in [0.25, 0.3) is 0 Å². The molecule has 112 valence electrons. The van der Waals surface area contributed by atoms with Crippen LogP contribution in [0.3, 0.4) is 0 Å². The number of thiazole rings is 1. The zero-order valence-electron chi connectivity index (χ0n) is 12.9. The fourth-order valence-electron chi connectivity index (χ4n) is 3.02. The van der Waals surface area contributed by atoms with Gasteiger partial charge in [0.2, 0.25) is 0 Å². The first-order chi connectivity index (χ1) is 9.69. The molecule has 1 aliphatic heterocycles. The maximum Gasteiger partial charge on any atom is 0.185 e. The largest absolute Gasteiger partial charge is 0.348 e. The van der Waals surface area contributed by atoms with Gasteiger partial charge in [0.15, 0.2) is 5.13 Å². The van der Waals surface area contributed by atoms with E-state index in [-0.39, 0.29) is 0 Å². The summed E-state index contributed by atoms with van der Waals surface area (Å²) in [4.78, 5) is 11.3. The maximum atomic E-state index is 4.98. The highest BCUT2D eigenvalue weighted by Gasteiger charge is 2.31. The predicted molar refractivity (Wildman–Crippen MR) is 85.8 cm³/mol. The number of piperidine rings is 1. The van der Waals surface area contributed by atoms with E-state index in [0.29, 0.717) is 0 Å². The number of anilines is 1. The van der Waals surface area contributed by atoms with Gasteiger partial charge in [-0.2, -0.15) is 0 Å². The summed E-state index contributed by atoms with van der Waals surface area (Å²) < 4.78 is 0. The molecule has 0 spiro atoms. The standard InChI is InChI=1S/C15H26N4S/c1-16-10-13-14(11-4-5-11)17-15(20-13)19-8-6-12(7-9-19)18(2)3/h11-12,16H,4-10H2,1-3H3. The lowest BCUT2D eigenvalue weighted by Gasteiger charge is -2.35. The van der Waals surface area contributed by atoms with Crippen molar-refractivity contribution >= 4 is 16.5 Å². The summed E-state index contributed by atoms with van der Waals surface area (Å²) in [7, 11) is 6.42. The summed E-state index contributed by atoms with van der Waals surface area (Å²) in [5.41, 5.74) is 1.38. The van der Waals surface area contributed by atoms with Crippen LogP contribution in [0.15, 0.2) is 0 Å². The Morgan fingerprint density at radius 2 is 1.95 bits per heavy atom. The van der Waals surface area contributed by atoms with Crippen molar-refractivity contribution in [1.29, 1.82) is 0 Å². The second-order valence-corrected chi connectivity index (χ2v) is 7.35. The predicted octanol–water partition coefficient (Wildman–Crippen LogP) is 2.27. The monoisotopic (exact) mass is 294 g/mol. The molecule has 3 rings (SSSR count). The molecular weight excluding hydrogens is 268 g/mol. The van der Waals surface area contributed by atoms with Crippen LogP contribution < -0.4 is 10.2 Å². The fraction of sp³-hybridized carbons (Fsp3) is 0.800. The minimum Gasteiger partial charge on any atom is -0.348 e. The number of hydrogen-bond donors (Lipinski definition) is 1. The van der Waals surface area contributed by atoms with Crippen LogP contribution in [0.4, 0.5) is 5.13 Å². The molecule has 2 fully saturated rings. The number of nitrogens with zero attached hydrogens (tertiary/aromatic N) is 3. The van der Waals surface area contributed by atoms with E-state index in [2.05, 4.69) is 29.2 Å². The second kappa shape index (κ2) is 6.00. The summed E-state index contributed by atoms with van der Waals surface area (Å²) in [5.74, 6) is 0.752. The van der Waals surface area contributed by atoms with E-state index >= 15 is 0 Å². The number of aromatic nitrogens is 1. The number of hydrogen-bond acceptors (Lipinski definition) is 5. The van der Waals surface area contributed by atoms with Crippen LogP contribution >= 0.6 is 11.3 Å². The third kappa shape index (κ3) is 3.00. The SMILES string of the molecule is CNCc1sc(N2CCC(N(C)C)CC2)nc1C1CC1. The van der Waals surface area contributed by atoms with Crippen molar-refractivity contribution in [3.05, 3.63) is 10.6 Å². The molecular formula is C15H26N4S. The highest BCUT2D eigenvalue weighted by Crippen LogP contribution is 2.44. The quantitative estimate of drug-likeness (QED) is 0.903. The van der Waals surface area contributed by atoms with E-state index < -0.39 is 0 Å². The summed E-state index contributed by atoms with van der Waals surface area (Å²) in [5, 5.41) is 4.55. The average Bonchev–Trinajstić information content (AvgIpc) is 3.21. The molecule has 0 amide bonds. The highest BCUT2D eigenvalue weighted by atomic mass is 32.1. The van der Waals surface area contributed by atoms with Crippen LogP contribution in [-0.2, 0) is 6.54 Å². The topological polar surface area (TPSA) is 31.4 Å². The van der Waals surface area contributed by atoms with Gasteiger partial charge >= 0.3 is 0 Å². The molecule has 2 heterocycles. The molecule has 1 aliphatic carbocycles. The van der Waals surface area contributed by atoms with Crippen molar-refractivity contribution in [3.63, 3.8) is 0 Å². The van der Waals surface area contributed by atoms with Gasteiger partial charge in [0.25, 0.3) is 0 Å². The Labute approximate surface area is 126 Å². The summed E-state index contributed by atoms with van der Waals surface area (Å²) in [6, 6.07) is 0.742. The maximum absolute atomic E-state index is 4.98. The smallest absolute Gasteiger partial charge is 0.185 e.